The number of aliphatic hydroxyl groups is 2. The number of aliphatic hydroxyl groups excluding tert-OH is 2. The Morgan fingerprint density at radius 3 is 2.53 bits per heavy atom. The molecule has 0 unspecified atom stereocenters. The highest BCUT2D eigenvalue weighted by Crippen LogP contribution is 2.36. The van der Waals surface area contributed by atoms with Gasteiger partial charge in [0.1, 0.15) is 12.2 Å². The van der Waals surface area contributed by atoms with E-state index in [2.05, 4.69) is 0 Å². The Bertz CT molecular complexity index is 461. The van der Waals surface area contributed by atoms with Crippen LogP contribution in [0.2, 0.25) is 0 Å². The quantitative estimate of drug-likeness (QED) is 0.718. The fourth-order valence-electron chi connectivity index (χ4n) is 2.35. The molecule has 2 heterocycles. The van der Waals surface area contributed by atoms with Gasteiger partial charge in [0.2, 0.25) is 0 Å². The molecule has 0 radical (unpaired) electrons. The lowest BCUT2D eigenvalue weighted by Gasteiger charge is -2.37. The van der Waals surface area contributed by atoms with E-state index in [9.17, 15) is 15.0 Å². The highest BCUT2D eigenvalue weighted by atomic mass is 16.7. The van der Waals surface area contributed by atoms with E-state index in [1.807, 2.05) is 30.3 Å². The highest BCUT2D eigenvalue weighted by Gasteiger charge is 2.53. The lowest BCUT2D eigenvalue weighted by atomic mass is 10.0. The first-order chi connectivity index (χ1) is 9.20. The number of fused-ring (bicyclic) bond motifs is 1. The van der Waals surface area contributed by atoms with Crippen molar-refractivity contribution in [3.05, 3.63) is 35.9 Å². The third-order valence-electron chi connectivity index (χ3n) is 3.33. The summed E-state index contributed by atoms with van der Waals surface area (Å²) >= 11 is 0. The number of rotatable bonds is 2. The lowest BCUT2D eigenvalue weighted by Crippen LogP contribution is -2.49. The van der Waals surface area contributed by atoms with Crippen LogP contribution in [-0.4, -0.2) is 47.2 Å². The molecule has 0 aliphatic carbocycles. The molecule has 2 saturated heterocycles. The first-order valence-corrected chi connectivity index (χ1v) is 6.06. The molecule has 19 heavy (non-hydrogen) atoms. The SMILES string of the molecule is O=C1O[C@@H]2[C@@H](O[C@@H](c3ccccc3)O[C@@H]2CO)[C@H]1O. The third kappa shape index (κ3) is 2.12. The Hall–Kier alpha value is -1.47. The first kappa shape index (κ1) is 12.6. The minimum absolute atomic E-state index is 0.312. The maximum atomic E-state index is 11.4. The molecule has 5 atom stereocenters. The van der Waals surface area contributed by atoms with Crippen LogP contribution in [0.25, 0.3) is 0 Å². The Balaban J connectivity index is 1.85. The fraction of sp³-hybridized carbons (Fsp3) is 0.462. The summed E-state index contributed by atoms with van der Waals surface area (Å²) in [5.74, 6) is -0.745. The average molecular weight is 266 g/mol. The molecule has 0 amide bonds. The normalized spacial score (nSPS) is 37.8. The Morgan fingerprint density at radius 2 is 1.84 bits per heavy atom. The van der Waals surface area contributed by atoms with Crippen LogP contribution in [0.15, 0.2) is 30.3 Å². The second kappa shape index (κ2) is 4.90. The molecule has 102 valence electrons. The predicted octanol–water partition coefficient (Wildman–Crippen LogP) is -0.252. The second-order valence-corrected chi connectivity index (χ2v) is 4.55. The highest BCUT2D eigenvalue weighted by molar-refractivity contribution is 5.78. The molecule has 0 saturated carbocycles. The van der Waals surface area contributed by atoms with Crippen LogP contribution in [0.4, 0.5) is 0 Å². The van der Waals surface area contributed by atoms with Gasteiger partial charge in [0.05, 0.1) is 6.61 Å². The van der Waals surface area contributed by atoms with Crippen LogP contribution in [0.1, 0.15) is 11.9 Å². The zero-order chi connectivity index (χ0) is 13.4. The van der Waals surface area contributed by atoms with Crippen LogP contribution >= 0.6 is 0 Å². The number of ether oxygens (including phenoxy) is 3. The van der Waals surface area contributed by atoms with E-state index in [4.69, 9.17) is 14.2 Å². The van der Waals surface area contributed by atoms with Crippen molar-refractivity contribution in [3.63, 3.8) is 0 Å². The Kier molecular flexibility index (Phi) is 3.24. The van der Waals surface area contributed by atoms with Crippen LogP contribution in [0, 0.1) is 0 Å². The van der Waals surface area contributed by atoms with Crippen molar-refractivity contribution in [3.8, 4) is 0 Å². The van der Waals surface area contributed by atoms with Crippen molar-refractivity contribution in [2.75, 3.05) is 6.61 Å². The summed E-state index contributed by atoms with van der Waals surface area (Å²) in [6.07, 6.45) is -4.36. The van der Waals surface area contributed by atoms with Gasteiger partial charge in [0.25, 0.3) is 0 Å². The summed E-state index contributed by atoms with van der Waals surface area (Å²) in [6.45, 7) is -0.312. The number of hydrogen-bond donors (Lipinski definition) is 2. The molecule has 0 aromatic heterocycles. The van der Waals surface area contributed by atoms with E-state index in [1.54, 1.807) is 0 Å². The van der Waals surface area contributed by atoms with Crippen molar-refractivity contribution >= 4 is 5.97 Å². The van der Waals surface area contributed by atoms with Gasteiger partial charge in [-0.05, 0) is 0 Å². The first-order valence-electron chi connectivity index (χ1n) is 6.06. The monoisotopic (exact) mass is 266 g/mol. The summed E-state index contributed by atoms with van der Waals surface area (Å²) in [7, 11) is 0. The molecule has 1 aromatic rings. The van der Waals surface area contributed by atoms with Crippen LogP contribution < -0.4 is 0 Å². The van der Waals surface area contributed by atoms with Crippen molar-refractivity contribution in [2.45, 2.75) is 30.7 Å². The minimum Gasteiger partial charge on any atom is -0.455 e. The Labute approximate surface area is 109 Å². The van der Waals surface area contributed by atoms with Gasteiger partial charge in [-0.3, -0.25) is 0 Å². The third-order valence-corrected chi connectivity index (χ3v) is 3.33. The molecular formula is C13H14O6. The summed E-state index contributed by atoms with van der Waals surface area (Å²) < 4.78 is 16.1. The molecular weight excluding hydrogens is 252 g/mol. The second-order valence-electron chi connectivity index (χ2n) is 4.55. The van der Waals surface area contributed by atoms with E-state index in [0.29, 0.717) is 0 Å². The zero-order valence-electron chi connectivity index (χ0n) is 10.0. The van der Waals surface area contributed by atoms with E-state index < -0.39 is 36.7 Å². The smallest absolute Gasteiger partial charge is 0.338 e. The van der Waals surface area contributed by atoms with Gasteiger partial charge in [-0.25, -0.2) is 4.79 Å². The van der Waals surface area contributed by atoms with Crippen LogP contribution in [-0.2, 0) is 19.0 Å². The van der Waals surface area contributed by atoms with Crippen molar-refractivity contribution < 1.29 is 29.2 Å². The number of esters is 1. The minimum atomic E-state index is -1.34. The predicted molar refractivity (Wildman–Crippen MR) is 61.9 cm³/mol. The van der Waals surface area contributed by atoms with Gasteiger partial charge in [0, 0.05) is 5.56 Å². The zero-order valence-corrected chi connectivity index (χ0v) is 10.0. The number of hydrogen-bond acceptors (Lipinski definition) is 6. The maximum Gasteiger partial charge on any atom is 0.338 e. The summed E-state index contributed by atoms with van der Waals surface area (Å²) in [6, 6.07) is 9.13. The molecule has 1 aromatic carbocycles. The molecule has 0 bridgehead atoms. The van der Waals surface area contributed by atoms with E-state index in [1.165, 1.54) is 0 Å². The lowest BCUT2D eigenvalue weighted by molar-refractivity contribution is -0.288. The van der Waals surface area contributed by atoms with Crippen molar-refractivity contribution in [2.24, 2.45) is 0 Å². The van der Waals surface area contributed by atoms with E-state index >= 15 is 0 Å². The van der Waals surface area contributed by atoms with Gasteiger partial charge >= 0.3 is 5.97 Å². The fourth-order valence-corrected chi connectivity index (χ4v) is 2.35. The van der Waals surface area contributed by atoms with Gasteiger partial charge < -0.3 is 24.4 Å². The van der Waals surface area contributed by atoms with Gasteiger partial charge in [0.15, 0.2) is 18.5 Å². The number of carbonyl (C=O) groups excluding carboxylic acids is 1. The van der Waals surface area contributed by atoms with Gasteiger partial charge in [-0.2, -0.15) is 0 Å². The van der Waals surface area contributed by atoms with Gasteiger partial charge in [-0.15, -0.1) is 0 Å². The van der Waals surface area contributed by atoms with E-state index in [0.717, 1.165) is 5.56 Å². The maximum absolute atomic E-state index is 11.4. The van der Waals surface area contributed by atoms with Crippen molar-refractivity contribution in [1.82, 2.24) is 0 Å². The topological polar surface area (TPSA) is 85.2 Å². The van der Waals surface area contributed by atoms with Gasteiger partial charge in [-0.1, -0.05) is 30.3 Å². The number of carbonyl (C=O) groups is 1. The summed E-state index contributed by atoms with van der Waals surface area (Å²) in [5.41, 5.74) is 0.756. The van der Waals surface area contributed by atoms with Crippen LogP contribution in [0.3, 0.4) is 0 Å². The molecule has 2 fully saturated rings. The molecule has 3 rings (SSSR count). The average Bonchev–Trinajstić information content (AvgIpc) is 2.75. The van der Waals surface area contributed by atoms with E-state index in [-0.39, 0.29) is 6.61 Å². The molecule has 2 N–H and O–H groups in total. The molecule has 6 nitrogen and oxygen atoms in total. The molecule has 0 spiro atoms. The Morgan fingerprint density at radius 1 is 1.11 bits per heavy atom. The summed E-state index contributed by atoms with van der Waals surface area (Å²) in [4.78, 5) is 11.4. The molecule has 6 heteroatoms. The standard InChI is InChI=1S/C13H14O6/c14-6-8-10-11(9(15)12(16)18-10)19-13(17-8)7-4-2-1-3-5-7/h1-5,8-11,13-15H,6H2/t8-,9-,10+,11+,13+/m1/s1. The largest absolute Gasteiger partial charge is 0.455 e. The molecule has 2 aliphatic heterocycles. The molecule has 2 aliphatic rings. The summed E-state index contributed by atoms with van der Waals surface area (Å²) in [5, 5.41) is 19.1. The van der Waals surface area contributed by atoms with Crippen LogP contribution in [0.5, 0.6) is 0 Å². The number of benzene rings is 1. The van der Waals surface area contributed by atoms with Crippen molar-refractivity contribution in [1.29, 1.82) is 0 Å².